The second kappa shape index (κ2) is 3.71. The van der Waals surface area contributed by atoms with Crippen molar-refractivity contribution in [2.45, 2.75) is 26.3 Å². The standard InChI is InChI=1S/C8H16N2Si/c1-6(2)7(3)11-8-9-4-5-10-8/h4-7H,11H2,1-3H3,(H,9,10)/t7-/m1/s1. The summed E-state index contributed by atoms with van der Waals surface area (Å²) in [6.45, 7) is 6.88. The summed E-state index contributed by atoms with van der Waals surface area (Å²) in [6, 6.07) is 0. The van der Waals surface area contributed by atoms with E-state index in [9.17, 15) is 0 Å². The zero-order valence-electron chi connectivity index (χ0n) is 7.46. The van der Waals surface area contributed by atoms with Gasteiger partial charge < -0.3 is 4.98 Å². The molecule has 11 heavy (non-hydrogen) atoms. The van der Waals surface area contributed by atoms with E-state index in [1.54, 1.807) is 0 Å². The number of H-pyrrole nitrogens is 1. The van der Waals surface area contributed by atoms with Gasteiger partial charge in [-0.15, -0.1) is 0 Å². The molecule has 0 saturated carbocycles. The van der Waals surface area contributed by atoms with Crippen LogP contribution >= 0.6 is 0 Å². The van der Waals surface area contributed by atoms with Gasteiger partial charge in [0.25, 0.3) is 0 Å². The highest BCUT2D eigenvalue weighted by molar-refractivity contribution is 6.52. The summed E-state index contributed by atoms with van der Waals surface area (Å²) in [5.74, 6) is 0.798. The van der Waals surface area contributed by atoms with Crippen LogP contribution in [0.25, 0.3) is 0 Å². The molecular weight excluding hydrogens is 152 g/mol. The van der Waals surface area contributed by atoms with Gasteiger partial charge in [-0.05, 0) is 11.5 Å². The van der Waals surface area contributed by atoms with E-state index < -0.39 is 0 Å². The molecule has 1 aromatic heterocycles. The molecule has 0 bridgehead atoms. The molecule has 62 valence electrons. The van der Waals surface area contributed by atoms with Crippen LogP contribution in [0.4, 0.5) is 0 Å². The Hall–Kier alpha value is -0.573. The Labute approximate surface area is 70.3 Å². The summed E-state index contributed by atoms with van der Waals surface area (Å²) >= 11 is 0. The molecule has 0 amide bonds. The number of hydrogen-bond acceptors (Lipinski definition) is 1. The predicted octanol–water partition coefficient (Wildman–Crippen LogP) is 0.668. The topological polar surface area (TPSA) is 28.7 Å². The number of aromatic nitrogens is 2. The number of rotatable bonds is 3. The quantitative estimate of drug-likeness (QED) is 0.660. The van der Waals surface area contributed by atoms with Gasteiger partial charge in [0.15, 0.2) is 0 Å². The molecule has 3 heteroatoms. The summed E-state index contributed by atoms with van der Waals surface area (Å²) in [7, 11) is -0.159. The smallest absolute Gasteiger partial charge is 0.103 e. The summed E-state index contributed by atoms with van der Waals surface area (Å²) in [4.78, 5) is 7.42. The fourth-order valence-corrected chi connectivity index (χ4v) is 2.48. The van der Waals surface area contributed by atoms with Gasteiger partial charge in [-0.25, -0.2) is 4.98 Å². The Bertz CT molecular complexity index is 194. The molecule has 0 spiro atoms. The molecule has 0 unspecified atom stereocenters. The van der Waals surface area contributed by atoms with E-state index in [1.807, 2.05) is 12.4 Å². The first-order chi connectivity index (χ1) is 5.20. The van der Waals surface area contributed by atoms with Crippen molar-refractivity contribution in [3.05, 3.63) is 12.4 Å². The zero-order valence-corrected chi connectivity index (χ0v) is 8.88. The summed E-state index contributed by atoms with van der Waals surface area (Å²) in [5, 5.41) is 0. The maximum absolute atomic E-state index is 4.24. The highest BCUT2D eigenvalue weighted by Gasteiger charge is 2.09. The molecule has 1 N–H and O–H groups in total. The van der Waals surface area contributed by atoms with Crippen molar-refractivity contribution in [1.29, 1.82) is 0 Å². The second-order valence-corrected chi connectivity index (χ2v) is 5.83. The molecule has 0 aliphatic heterocycles. The Morgan fingerprint density at radius 1 is 1.45 bits per heavy atom. The van der Waals surface area contributed by atoms with E-state index >= 15 is 0 Å². The van der Waals surface area contributed by atoms with Gasteiger partial charge in [0.05, 0.1) is 5.45 Å². The number of nitrogens with one attached hydrogen (secondary N) is 1. The summed E-state index contributed by atoms with van der Waals surface area (Å²) < 4.78 is 0. The molecule has 0 fully saturated rings. The largest absolute Gasteiger partial charge is 0.353 e. The van der Waals surface area contributed by atoms with Gasteiger partial charge in [-0.2, -0.15) is 0 Å². The van der Waals surface area contributed by atoms with Crippen LogP contribution in [0.2, 0.25) is 5.54 Å². The minimum Gasteiger partial charge on any atom is -0.353 e. The zero-order chi connectivity index (χ0) is 8.27. The van der Waals surface area contributed by atoms with Crippen molar-refractivity contribution in [3.8, 4) is 0 Å². The highest BCUT2D eigenvalue weighted by atomic mass is 28.2. The van der Waals surface area contributed by atoms with Gasteiger partial charge in [-0.1, -0.05) is 20.8 Å². The fraction of sp³-hybridized carbons (Fsp3) is 0.625. The fourth-order valence-electron chi connectivity index (χ4n) is 0.950. The maximum atomic E-state index is 4.24. The molecule has 1 aromatic rings. The van der Waals surface area contributed by atoms with Crippen LogP contribution in [0.1, 0.15) is 20.8 Å². The average molecular weight is 168 g/mol. The van der Waals surface area contributed by atoms with Crippen molar-refractivity contribution in [3.63, 3.8) is 0 Å². The Balaban J connectivity index is 2.43. The van der Waals surface area contributed by atoms with Gasteiger partial charge in [-0.3, -0.25) is 0 Å². The first-order valence-corrected chi connectivity index (χ1v) is 5.70. The number of aromatic amines is 1. The van der Waals surface area contributed by atoms with Gasteiger partial charge >= 0.3 is 0 Å². The normalized spacial score (nSPS) is 14.9. The van der Waals surface area contributed by atoms with Crippen LogP contribution in [0, 0.1) is 5.92 Å². The molecule has 0 aliphatic carbocycles. The van der Waals surface area contributed by atoms with E-state index in [1.165, 1.54) is 5.45 Å². The molecule has 0 saturated heterocycles. The third kappa shape index (κ3) is 2.50. The third-order valence-electron chi connectivity index (χ3n) is 2.21. The van der Waals surface area contributed by atoms with Gasteiger partial charge in [0.2, 0.25) is 0 Å². The molecular formula is C8H16N2Si. The first kappa shape index (κ1) is 8.52. The average Bonchev–Trinajstić information content (AvgIpc) is 2.39. The lowest BCUT2D eigenvalue weighted by atomic mass is 10.1. The summed E-state index contributed by atoms with van der Waals surface area (Å²) in [6.07, 6.45) is 3.75. The molecule has 1 rings (SSSR count). The lowest BCUT2D eigenvalue weighted by Crippen LogP contribution is -2.24. The Morgan fingerprint density at radius 2 is 2.18 bits per heavy atom. The molecule has 1 atom stereocenters. The van der Waals surface area contributed by atoms with E-state index in [4.69, 9.17) is 0 Å². The van der Waals surface area contributed by atoms with Crippen LogP contribution < -0.4 is 5.45 Å². The van der Waals surface area contributed by atoms with Gasteiger partial charge in [0, 0.05) is 12.4 Å². The van der Waals surface area contributed by atoms with Crippen LogP contribution in [0.3, 0.4) is 0 Å². The Morgan fingerprint density at radius 3 is 2.64 bits per heavy atom. The lowest BCUT2D eigenvalue weighted by molar-refractivity contribution is 0.621. The number of imidazole rings is 1. The number of hydrogen-bond donors (Lipinski definition) is 1. The van der Waals surface area contributed by atoms with Crippen LogP contribution in [0.15, 0.2) is 12.4 Å². The van der Waals surface area contributed by atoms with E-state index in [2.05, 4.69) is 30.7 Å². The molecule has 1 heterocycles. The van der Waals surface area contributed by atoms with Crippen LogP contribution in [0.5, 0.6) is 0 Å². The van der Waals surface area contributed by atoms with Crippen LogP contribution in [-0.4, -0.2) is 19.5 Å². The van der Waals surface area contributed by atoms with Crippen molar-refractivity contribution in [2.75, 3.05) is 0 Å². The lowest BCUT2D eigenvalue weighted by Gasteiger charge is -2.12. The third-order valence-corrected chi connectivity index (χ3v) is 4.57. The molecule has 0 aromatic carbocycles. The second-order valence-electron chi connectivity index (χ2n) is 3.46. The molecule has 0 radical (unpaired) electrons. The minimum atomic E-state index is -0.159. The van der Waals surface area contributed by atoms with Crippen molar-refractivity contribution in [1.82, 2.24) is 9.97 Å². The molecule has 0 aliphatic rings. The van der Waals surface area contributed by atoms with E-state index in [0.29, 0.717) is 0 Å². The van der Waals surface area contributed by atoms with Crippen LogP contribution in [-0.2, 0) is 0 Å². The van der Waals surface area contributed by atoms with Gasteiger partial charge in [0.1, 0.15) is 9.52 Å². The van der Waals surface area contributed by atoms with Crippen molar-refractivity contribution >= 4 is 15.0 Å². The Kier molecular flexibility index (Phi) is 2.88. The SMILES string of the molecule is CC(C)[C@@H](C)[SiH2]c1ncc[nH]1. The predicted molar refractivity (Wildman–Crippen MR) is 51.0 cm³/mol. The first-order valence-electron chi connectivity index (χ1n) is 4.18. The van der Waals surface area contributed by atoms with E-state index in [0.717, 1.165) is 11.5 Å². The summed E-state index contributed by atoms with van der Waals surface area (Å²) in [5.41, 5.74) is 2.09. The highest BCUT2D eigenvalue weighted by Crippen LogP contribution is 2.13. The van der Waals surface area contributed by atoms with Crippen molar-refractivity contribution < 1.29 is 0 Å². The maximum Gasteiger partial charge on any atom is 0.103 e. The number of nitrogens with zero attached hydrogens (tertiary/aromatic N) is 1. The minimum absolute atomic E-state index is 0.159. The van der Waals surface area contributed by atoms with Crippen molar-refractivity contribution in [2.24, 2.45) is 5.92 Å². The monoisotopic (exact) mass is 168 g/mol. The van der Waals surface area contributed by atoms with E-state index in [-0.39, 0.29) is 9.52 Å². The molecule has 2 nitrogen and oxygen atoms in total.